The molecule has 0 heterocycles. The third-order valence-electron chi connectivity index (χ3n) is 2.43. The first kappa shape index (κ1) is 13.5. The van der Waals surface area contributed by atoms with Gasteiger partial charge in [0.05, 0.1) is 0 Å². The first-order chi connectivity index (χ1) is 8.58. The fourth-order valence-corrected chi connectivity index (χ4v) is 2.57. The van der Waals surface area contributed by atoms with Crippen molar-refractivity contribution in [3.63, 3.8) is 0 Å². The second-order valence-electron chi connectivity index (χ2n) is 3.69. The van der Waals surface area contributed by atoms with Crippen LogP contribution in [0.25, 0.3) is 0 Å². The van der Waals surface area contributed by atoms with Gasteiger partial charge in [0.15, 0.2) is 11.6 Å². The Hall–Kier alpha value is -0.880. The van der Waals surface area contributed by atoms with E-state index in [2.05, 4.69) is 27.9 Å². The van der Waals surface area contributed by atoms with Crippen LogP contribution < -0.4 is 5.32 Å². The van der Waals surface area contributed by atoms with Crippen molar-refractivity contribution < 1.29 is 8.78 Å². The molecule has 94 valence electrons. The van der Waals surface area contributed by atoms with Gasteiger partial charge in [0, 0.05) is 26.4 Å². The molecule has 1 nitrogen and oxygen atoms in total. The molecule has 0 fully saturated rings. The lowest BCUT2D eigenvalue weighted by molar-refractivity contribution is 0.500. The summed E-state index contributed by atoms with van der Waals surface area (Å²) in [4.78, 5) is 0. The summed E-state index contributed by atoms with van der Waals surface area (Å²) in [5, 5.41) is 3.69. The maximum Gasteiger partial charge on any atom is 0.163 e. The summed E-state index contributed by atoms with van der Waals surface area (Å²) in [5.74, 6) is -1.64. The molecule has 2 aromatic rings. The summed E-state index contributed by atoms with van der Waals surface area (Å²) < 4.78 is 27.4. The van der Waals surface area contributed by atoms with Crippen LogP contribution in [0.2, 0.25) is 5.02 Å². The van der Waals surface area contributed by atoms with Crippen LogP contribution in [0.15, 0.2) is 36.4 Å². The Bertz CT molecular complexity index is 575. The highest BCUT2D eigenvalue weighted by Gasteiger charge is 2.07. The lowest BCUT2D eigenvalue weighted by Crippen LogP contribution is -2.04. The van der Waals surface area contributed by atoms with Gasteiger partial charge in [-0.3, -0.25) is 0 Å². The molecule has 18 heavy (non-hydrogen) atoms. The Morgan fingerprint density at radius 2 is 1.94 bits per heavy atom. The largest absolute Gasteiger partial charge is 0.380 e. The average molecular weight is 380 g/mol. The summed E-state index contributed by atoms with van der Waals surface area (Å²) in [6, 6.07) is 9.49. The van der Waals surface area contributed by atoms with Crippen molar-refractivity contribution in [1.29, 1.82) is 0 Å². The zero-order valence-electron chi connectivity index (χ0n) is 9.18. The molecule has 2 rings (SSSR count). The number of anilines is 1. The van der Waals surface area contributed by atoms with Gasteiger partial charge in [-0.1, -0.05) is 23.7 Å². The normalized spacial score (nSPS) is 10.4. The number of benzene rings is 2. The first-order valence-corrected chi connectivity index (χ1v) is 6.65. The van der Waals surface area contributed by atoms with Crippen molar-refractivity contribution in [1.82, 2.24) is 0 Å². The van der Waals surface area contributed by atoms with Gasteiger partial charge in [-0.25, -0.2) is 8.78 Å². The van der Waals surface area contributed by atoms with Gasteiger partial charge in [-0.2, -0.15) is 0 Å². The van der Waals surface area contributed by atoms with Crippen molar-refractivity contribution in [3.05, 3.63) is 62.2 Å². The van der Waals surface area contributed by atoms with Gasteiger partial charge < -0.3 is 5.32 Å². The summed E-state index contributed by atoms with van der Waals surface area (Å²) in [5.41, 5.74) is 1.13. The van der Waals surface area contributed by atoms with Crippen LogP contribution in [0.1, 0.15) is 5.56 Å². The summed E-state index contributed by atoms with van der Waals surface area (Å²) >= 11 is 7.97. The van der Waals surface area contributed by atoms with E-state index in [0.29, 0.717) is 10.6 Å². The summed E-state index contributed by atoms with van der Waals surface area (Å²) in [6.07, 6.45) is 0. The van der Waals surface area contributed by atoms with Gasteiger partial charge in [0.25, 0.3) is 0 Å². The van der Waals surface area contributed by atoms with Crippen LogP contribution in [0.3, 0.4) is 0 Å². The van der Waals surface area contributed by atoms with Gasteiger partial charge >= 0.3 is 0 Å². The van der Waals surface area contributed by atoms with Crippen LogP contribution in [0, 0.1) is 15.2 Å². The van der Waals surface area contributed by atoms with Gasteiger partial charge in [-0.05, 0) is 46.9 Å². The number of halogens is 4. The molecule has 0 aliphatic carbocycles. The average Bonchev–Trinajstić information content (AvgIpc) is 2.33. The van der Waals surface area contributed by atoms with E-state index >= 15 is 0 Å². The number of nitrogens with one attached hydrogen (secondary N) is 1. The molecular weight excluding hydrogens is 371 g/mol. The van der Waals surface area contributed by atoms with Gasteiger partial charge in [-0.15, -0.1) is 0 Å². The second kappa shape index (κ2) is 5.84. The minimum absolute atomic E-state index is 0.223. The quantitative estimate of drug-likeness (QED) is 0.753. The molecule has 0 saturated carbocycles. The maximum atomic E-state index is 13.4. The zero-order valence-corrected chi connectivity index (χ0v) is 12.1. The predicted octanol–water partition coefficient (Wildman–Crippen LogP) is 4.83. The molecule has 0 radical (unpaired) electrons. The van der Waals surface area contributed by atoms with Gasteiger partial charge in [0.1, 0.15) is 0 Å². The van der Waals surface area contributed by atoms with Crippen LogP contribution in [-0.2, 0) is 6.54 Å². The fraction of sp³-hybridized carbons (Fsp3) is 0.0769. The Morgan fingerprint density at radius 1 is 1.17 bits per heavy atom. The molecule has 0 amide bonds. The van der Waals surface area contributed by atoms with Crippen LogP contribution in [-0.4, -0.2) is 0 Å². The van der Waals surface area contributed by atoms with Crippen LogP contribution >= 0.6 is 34.2 Å². The van der Waals surface area contributed by atoms with E-state index in [9.17, 15) is 8.78 Å². The van der Waals surface area contributed by atoms with Crippen molar-refractivity contribution in [2.75, 3.05) is 5.32 Å². The van der Waals surface area contributed by atoms with Gasteiger partial charge in [0.2, 0.25) is 0 Å². The molecule has 0 aliphatic heterocycles. The van der Waals surface area contributed by atoms with E-state index in [1.165, 1.54) is 6.07 Å². The highest BCUT2D eigenvalue weighted by atomic mass is 127. The Balaban J connectivity index is 2.14. The zero-order chi connectivity index (χ0) is 13.1. The van der Waals surface area contributed by atoms with Crippen molar-refractivity contribution in [3.8, 4) is 0 Å². The van der Waals surface area contributed by atoms with E-state index in [0.717, 1.165) is 15.3 Å². The van der Waals surface area contributed by atoms with Crippen LogP contribution in [0.4, 0.5) is 14.5 Å². The lowest BCUT2D eigenvalue weighted by atomic mass is 10.2. The van der Waals surface area contributed by atoms with Crippen molar-refractivity contribution >= 4 is 39.9 Å². The Labute approximate surface area is 122 Å². The van der Waals surface area contributed by atoms with E-state index in [1.807, 2.05) is 0 Å². The highest BCUT2D eigenvalue weighted by molar-refractivity contribution is 14.1. The Morgan fingerprint density at radius 3 is 2.67 bits per heavy atom. The molecule has 0 bridgehead atoms. The van der Waals surface area contributed by atoms with Crippen molar-refractivity contribution in [2.24, 2.45) is 0 Å². The van der Waals surface area contributed by atoms with Crippen molar-refractivity contribution in [2.45, 2.75) is 6.54 Å². The SMILES string of the molecule is Fc1cccc(CNc2ccc(Cl)cc2I)c1F. The second-order valence-corrected chi connectivity index (χ2v) is 5.29. The maximum absolute atomic E-state index is 13.4. The standard InChI is InChI=1S/C13H9ClF2IN/c14-9-4-5-12(11(17)6-9)18-7-8-2-1-3-10(15)13(8)16/h1-6,18H,7H2. The lowest BCUT2D eigenvalue weighted by Gasteiger charge is -2.09. The number of hydrogen-bond donors (Lipinski definition) is 1. The summed E-state index contributed by atoms with van der Waals surface area (Å²) in [7, 11) is 0. The first-order valence-electron chi connectivity index (χ1n) is 5.20. The highest BCUT2D eigenvalue weighted by Crippen LogP contribution is 2.23. The number of hydrogen-bond acceptors (Lipinski definition) is 1. The molecule has 0 spiro atoms. The smallest absolute Gasteiger partial charge is 0.163 e. The van der Waals surface area contributed by atoms with E-state index in [1.54, 1.807) is 24.3 Å². The molecule has 0 saturated heterocycles. The van der Waals surface area contributed by atoms with Crippen LogP contribution in [0.5, 0.6) is 0 Å². The van der Waals surface area contributed by atoms with E-state index < -0.39 is 11.6 Å². The topological polar surface area (TPSA) is 12.0 Å². The third-order valence-corrected chi connectivity index (χ3v) is 3.56. The third kappa shape index (κ3) is 3.11. The summed E-state index contributed by atoms with van der Waals surface area (Å²) in [6.45, 7) is 0.223. The predicted molar refractivity (Wildman–Crippen MR) is 77.9 cm³/mol. The van der Waals surface area contributed by atoms with E-state index in [4.69, 9.17) is 11.6 Å². The Kier molecular flexibility index (Phi) is 4.40. The molecule has 0 unspecified atom stereocenters. The molecule has 0 aliphatic rings. The monoisotopic (exact) mass is 379 g/mol. The molecule has 0 atom stereocenters. The number of rotatable bonds is 3. The molecule has 2 aromatic carbocycles. The molecular formula is C13H9ClF2IN. The fourth-order valence-electron chi connectivity index (χ4n) is 1.51. The minimum atomic E-state index is -0.833. The molecule has 0 aromatic heterocycles. The van der Waals surface area contributed by atoms with E-state index in [-0.39, 0.29) is 6.54 Å². The minimum Gasteiger partial charge on any atom is -0.380 e. The molecule has 5 heteroatoms. The molecule has 1 N–H and O–H groups in total.